The summed E-state index contributed by atoms with van der Waals surface area (Å²) < 4.78 is 6.56. The molecule has 0 aliphatic rings. The van der Waals surface area contributed by atoms with E-state index in [1.807, 2.05) is 12.1 Å². The Morgan fingerprint density at radius 2 is 0.926 bits per heavy atom. The number of aryl methyl sites for hydroxylation is 1. The number of furan rings is 1. The van der Waals surface area contributed by atoms with Crippen LogP contribution in [0.5, 0.6) is 0 Å². The summed E-state index contributed by atoms with van der Waals surface area (Å²) in [5, 5.41) is 4.36. The van der Waals surface area contributed by atoms with Crippen LogP contribution in [0.1, 0.15) is 5.56 Å². The minimum Gasteiger partial charge on any atom is -0.456 e. The van der Waals surface area contributed by atoms with E-state index >= 15 is 0 Å². The molecular weight excluding hydrogens is 659 g/mol. The van der Waals surface area contributed by atoms with Crippen LogP contribution in [0, 0.1) is 6.92 Å². The van der Waals surface area contributed by atoms with Gasteiger partial charge in [0.2, 0.25) is 0 Å². The lowest BCUT2D eigenvalue weighted by Crippen LogP contribution is -2.00. The van der Waals surface area contributed by atoms with Crippen molar-refractivity contribution in [2.24, 2.45) is 0 Å². The molecule has 0 aliphatic heterocycles. The summed E-state index contributed by atoms with van der Waals surface area (Å²) in [4.78, 5) is 15.4. The van der Waals surface area contributed by atoms with Gasteiger partial charge in [0.1, 0.15) is 11.2 Å². The molecule has 0 radical (unpaired) electrons. The second kappa shape index (κ2) is 13.1. The number of fused-ring (bicyclic) bond motifs is 4. The zero-order valence-corrected chi connectivity index (χ0v) is 29.6. The molecule has 0 bridgehead atoms. The van der Waals surface area contributed by atoms with Crippen LogP contribution in [0.2, 0.25) is 0 Å². The van der Waals surface area contributed by atoms with Gasteiger partial charge in [0, 0.05) is 27.5 Å². The van der Waals surface area contributed by atoms with Crippen LogP contribution in [0.4, 0.5) is 0 Å². The van der Waals surface area contributed by atoms with Crippen molar-refractivity contribution in [3.05, 3.63) is 188 Å². The van der Waals surface area contributed by atoms with E-state index in [0.29, 0.717) is 17.5 Å². The lowest BCUT2D eigenvalue weighted by atomic mass is 9.96. The van der Waals surface area contributed by atoms with Crippen LogP contribution in [-0.2, 0) is 0 Å². The third-order valence-electron chi connectivity index (χ3n) is 10.2. The Bertz CT molecular complexity index is 2990. The average Bonchev–Trinajstić information content (AvgIpc) is 3.62. The van der Waals surface area contributed by atoms with E-state index in [2.05, 4.69) is 177 Å². The van der Waals surface area contributed by atoms with Crippen molar-refractivity contribution in [1.29, 1.82) is 0 Å². The van der Waals surface area contributed by atoms with E-state index in [4.69, 9.17) is 19.4 Å². The highest BCUT2D eigenvalue weighted by atomic mass is 16.3. The van der Waals surface area contributed by atoms with E-state index in [0.717, 1.165) is 71.7 Å². The van der Waals surface area contributed by atoms with Gasteiger partial charge < -0.3 is 4.42 Å². The Morgan fingerprint density at radius 3 is 1.76 bits per heavy atom. The van der Waals surface area contributed by atoms with E-state index in [9.17, 15) is 0 Å². The van der Waals surface area contributed by atoms with Gasteiger partial charge in [-0.1, -0.05) is 163 Å². The molecule has 0 spiro atoms. The first kappa shape index (κ1) is 31.6. The quantitative estimate of drug-likeness (QED) is 0.174. The largest absolute Gasteiger partial charge is 0.456 e. The van der Waals surface area contributed by atoms with Crippen LogP contribution in [0.15, 0.2) is 186 Å². The minimum absolute atomic E-state index is 0.586. The third kappa shape index (κ3) is 5.71. The Balaban J connectivity index is 1.11. The Kier molecular flexibility index (Phi) is 7.66. The van der Waals surface area contributed by atoms with Crippen LogP contribution in [0.3, 0.4) is 0 Å². The minimum atomic E-state index is 0.586. The molecule has 0 N–H and O–H groups in total. The molecule has 54 heavy (non-hydrogen) atoms. The van der Waals surface area contributed by atoms with Crippen molar-refractivity contribution in [3.63, 3.8) is 0 Å². The molecule has 8 aromatic carbocycles. The van der Waals surface area contributed by atoms with Gasteiger partial charge >= 0.3 is 0 Å². The van der Waals surface area contributed by atoms with Crippen molar-refractivity contribution in [2.45, 2.75) is 6.92 Å². The number of hydrogen-bond acceptors (Lipinski definition) is 4. The van der Waals surface area contributed by atoms with Gasteiger partial charge in [-0.3, -0.25) is 0 Å². The molecule has 254 valence electrons. The van der Waals surface area contributed by atoms with E-state index in [-0.39, 0.29) is 0 Å². The molecule has 4 heteroatoms. The molecule has 2 heterocycles. The Morgan fingerprint density at radius 1 is 0.352 bits per heavy atom. The molecule has 4 nitrogen and oxygen atoms in total. The van der Waals surface area contributed by atoms with Crippen LogP contribution in [-0.4, -0.2) is 15.0 Å². The Hall–Kier alpha value is -7.17. The first-order chi connectivity index (χ1) is 26.6. The smallest absolute Gasteiger partial charge is 0.164 e. The molecule has 0 fully saturated rings. The number of nitrogens with zero attached hydrogens (tertiary/aromatic N) is 3. The van der Waals surface area contributed by atoms with Crippen molar-refractivity contribution >= 4 is 32.7 Å². The summed E-state index contributed by atoms with van der Waals surface area (Å²) in [6.07, 6.45) is 0. The van der Waals surface area contributed by atoms with Gasteiger partial charge in [-0.15, -0.1) is 0 Å². The highest BCUT2D eigenvalue weighted by Gasteiger charge is 2.18. The monoisotopic (exact) mass is 691 g/mol. The van der Waals surface area contributed by atoms with Gasteiger partial charge in [0.15, 0.2) is 17.5 Å². The van der Waals surface area contributed by atoms with Crippen molar-refractivity contribution in [3.8, 4) is 67.5 Å². The fraction of sp³-hybridized carbons (Fsp3) is 0.0200. The molecule has 0 aliphatic carbocycles. The van der Waals surface area contributed by atoms with Gasteiger partial charge in [-0.05, 0) is 75.3 Å². The summed E-state index contributed by atoms with van der Waals surface area (Å²) >= 11 is 0. The van der Waals surface area contributed by atoms with Gasteiger partial charge in [-0.2, -0.15) is 0 Å². The predicted molar refractivity (Wildman–Crippen MR) is 222 cm³/mol. The topological polar surface area (TPSA) is 51.8 Å². The molecular formula is C50H33N3O. The number of aromatic nitrogens is 3. The normalized spacial score (nSPS) is 11.4. The lowest BCUT2D eigenvalue weighted by Gasteiger charge is -2.11. The molecule has 0 saturated carbocycles. The molecule has 0 amide bonds. The van der Waals surface area contributed by atoms with E-state index in [1.165, 1.54) is 16.7 Å². The molecule has 10 aromatic rings. The predicted octanol–water partition coefficient (Wildman–Crippen LogP) is 13.2. The highest BCUT2D eigenvalue weighted by molar-refractivity contribution is 6.13. The summed E-state index contributed by atoms with van der Waals surface area (Å²) in [5.74, 6) is 1.82. The van der Waals surface area contributed by atoms with E-state index in [1.54, 1.807) is 0 Å². The number of hydrogen-bond donors (Lipinski definition) is 0. The maximum atomic E-state index is 6.56. The zero-order chi connectivity index (χ0) is 36.0. The fourth-order valence-corrected chi connectivity index (χ4v) is 7.52. The first-order valence-corrected chi connectivity index (χ1v) is 18.2. The van der Waals surface area contributed by atoms with Gasteiger partial charge in [0.25, 0.3) is 0 Å². The van der Waals surface area contributed by atoms with Crippen LogP contribution in [0.25, 0.3) is 100 Å². The van der Waals surface area contributed by atoms with Crippen LogP contribution < -0.4 is 0 Å². The number of benzene rings is 8. The highest BCUT2D eigenvalue weighted by Crippen LogP contribution is 2.39. The summed E-state index contributed by atoms with van der Waals surface area (Å²) in [5.41, 5.74) is 12.5. The molecule has 10 rings (SSSR count). The maximum absolute atomic E-state index is 6.56. The summed E-state index contributed by atoms with van der Waals surface area (Å²) in [7, 11) is 0. The summed E-state index contributed by atoms with van der Waals surface area (Å²) in [6, 6.07) is 63.4. The molecule has 2 aromatic heterocycles. The summed E-state index contributed by atoms with van der Waals surface area (Å²) in [6.45, 7) is 2.12. The first-order valence-electron chi connectivity index (χ1n) is 18.2. The lowest BCUT2D eigenvalue weighted by molar-refractivity contribution is 0.669. The fourth-order valence-electron chi connectivity index (χ4n) is 7.52. The standard InChI is InChI=1S/C50H33N3O/c1-32-11-7-16-37(29-32)38-17-8-18-39(30-38)48-51-49(53-50(52-48)43-21-9-15-35-14-5-6-19-41(35)43)40-27-28-44-46(31-40)54-45-22-10-20-42(47(44)45)36-25-23-34(24-26-36)33-12-3-2-4-13-33/h2-31H,1H3. The molecule has 0 unspecified atom stereocenters. The van der Waals surface area contributed by atoms with Crippen molar-refractivity contribution in [2.75, 3.05) is 0 Å². The Labute approximate surface area is 313 Å². The average molecular weight is 692 g/mol. The number of rotatable bonds is 6. The van der Waals surface area contributed by atoms with Gasteiger partial charge in [0.05, 0.1) is 0 Å². The third-order valence-corrected chi connectivity index (χ3v) is 10.2. The van der Waals surface area contributed by atoms with Gasteiger partial charge in [-0.25, -0.2) is 15.0 Å². The second-order valence-corrected chi connectivity index (χ2v) is 13.7. The van der Waals surface area contributed by atoms with Crippen molar-refractivity contribution in [1.82, 2.24) is 15.0 Å². The zero-order valence-electron chi connectivity index (χ0n) is 29.6. The second-order valence-electron chi connectivity index (χ2n) is 13.7. The van der Waals surface area contributed by atoms with Crippen molar-refractivity contribution < 1.29 is 4.42 Å². The van der Waals surface area contributed by atoms with Crippen LogP contribution >= 0.6 is 0 Å². The molecule has 0 atom stereocenters. The SMILES string of the molecule is Cc1cccc(-c2cccc(-c3nc(-c4ccc5c(c4)oc4cccc(-c6ccc(-c7ccccc7)cc6)c45)nc(-c4cccc5ccccc45)n3)c2)c1. The van der Waals surface area contributed by atoms with E-state index < -0.39 is 0 Å². The maximum Gasteiger partial charge on any atom is 0.164 e. The molecule has 0 saturated heterocycles.